The zero-order valence-corrected chi connectivity index (χ0v) is 20.4. The van der Waals surface area contributed by atoms with Gasteiger partial charge in [-0.15, -0.1) is 0 Å². The summed E-state index contributed by atoms with van der Waals surface area (Å²) in [7, 11) is 1.69. The monoisotopic (exact) mass is 460 g/mol. The smallest absolute Gasteiger partial charge is 0.159 e. The largest absolute Gasteiger partial charge is 0.497 e. The van der Waals surface area contributed by atoms with Gasteiger partial charge in [-0.1, -0.05) is 48.5 Å². The van der Waals surface area contributed by atoms with E-state index >= 15 is 0 Å². The minimum atomic E-state index is -0.202. The van der Waals surface area contributed by atoms with Crippen molar-refractivity contribution in [3.05, 3.63) is 101 Å². The third-order valence-corrected chi connectivity index (χ3v) is 6.84. The van der Waals surface area contributed by atoms with Gasteiger partial charge in [-0.3, -0.25) is 14.6 Å². The predicted molar refractivity (Wildman–Crippen MR) is 134 cm³/mol. The van der Waals surface area contributed by atoms with Gasteiger partial charge >= 0.3 is 0 Å². The Labute approximate surface area is 202 Å². The van der Waals surface area contributed by atoms with Crippen LogP contribution in [-0.2, 0) is 6.54 Å². The third kappa shape index (κ3) is 5.37. The van der Waals surface area contributed by atoms with Crippen molar-refractivity contribution in [2.75, 3.05) is 20.2 Å². The highest BCUT2D eigenvalue weighted by Gasteiger charge is 2.35. The summed E-state index contributed by atoms with van der Waals surface area (Å²) in [5.41, 5.74) is 4.17. The summed E-state index contributed by atoms with van der Waals surface area (Å²) in [4.78, 5) is 16.8. The maximum absolute atomic E-state index is 13.3. The molecule has 3 aromatic carbocycles. The Kier molecular flexibility index (Phi) is 7.44. The van der Waals surface area contributed by atoms with Crippen molar-refractivity contribution < 1.29 is 13.9 Å². The summed E-state index contributed by atoms with van der Waals surface area (Å²) in [5.74, 6) is 0.700. The molecule has 0 spiro atoms. The molecular formula is C29H33FN2O2. The number of halogens is 1. The van der Waals surface area contributed by atoms with Crippen molar-refractivity contribution >= 4 is 5.78 Å². The van der Waals surface area contributed by atoms with E-state index in [0.29, 0.717) is 12.1 Å². The fourth-order valence-electron chi connectivity index (χ4n) is 4.92. The maximum atomic E-state index is 13.3. The van der Waals surface area contributed by atoms with Gasteiger partial charge in [0.25, 0.3) is 0 Å². The zero-order valence-electron chi connectivity index (χ0n) is 20.4. The summed E-state index contributed by atoms with van der Waals surface area (Å²) >= 11 is 0. The van der Waals surface area contributed by atoms with Crippen molar-refractivity contribution in [2.24, 2.45) is 0 Å². The molecule has 0 amide bonds. The van der Waals surface area contributed by atoms with Crippen LogP contribution in [0, 0.1) is 5.82 Å². The molecule has 5 heteroatoms. The van der Waals surface area contributed by atoms with Crippen LogP contribution in [0.1, 0.15) is 53.9 Å². The molecule has 4 nitrogen and oxygen atoms in total. The molecule has 4 rings (SSSR count). The van der Waals surface area contributed by atoms with E-state index in [9.17, 15) is 9.18 Å². The molecule has 1 saturated heterocycles. The van der Waals surface area contributed by atoms with Crippen molar-refractivity contribution in [3.63, 3.8) is 0 Å². The van der Waals surface area contributed by atoms with Crippen LogP contribution in [-0.4, -0.2) is 47.9 Å². The summed E-state index contributed by atoms with van der Waals surface area (Å²) < 4.78 is 18.9. The summed E-state index contributed by atoms with van der Waals surface area (Å²) in [6.07, 6.45) is 0. The normalized spacial score (nSPS) is 20.1. The molecule has 1 aliphatic heterocycles. The van der Waals surface area contributed by atoms with Gasteiger partial charge in [-0.25, -0.2) is 4.39 Å². The summed E-state index contributed by atoms with van der Waals surface area (Å²) in [5, 5.41) is 0. The van der Waals surface area contributed by atoms with Crippen LogP contribution in [0.3, 0.4) is 0 Å². The topological polar surface area (TPSA) is 32.8 Å². The molecule has 0 saturated carbocycles. The zero-order chi connectivity index (χ0) is 24.2. The fraction of sp³-hybridized carbons (Fsp3) is 0.345. The molecule has 0 aliphatic carbocycles. The Bertz CT molecular complexity index is 1110. The third-order valence-electron chi connectivity index (χ3n) is 6.84. The molecule has 1 aliphatic rings. The van der Waals surface area contributed by atoms with Gasteiger partial charge < -0.3 is 4.74 Å². The van der Waals surface area contributed by atoms with E-state index in [-0.39, 0.29) is 17.6 Å². The number of rotatable bonds is 7. The lowest BCUT2D eigenvalue weighted by molar-refractivity contribution is 0.0195. The van der Waals surface area contributed by atoms with Crippen molar-refractivity contribution in [1.29, 1.82) is 0 Å². The lowest BCUT2D eigenvalue weighted by Crippen LogP contribution is -2.56. The maximum Gasteiger partial charge on any atom is 0.159 e. The van der Waals surface area contributed by atoms with Gasteiger partial charge in [0, 0.05) is 37.3 Å². The lowest BCUT2D eigenvalue weighted by atomic mass is 9.92. The first-order valence-corrected chi connectivity index (χ1v) is 11.8. The van der Waals surface area contributed by atoms with Crippen molar-refractivity contribution in [2.45, 2.75) is 45.4 Å². The van der Waals surface area contributed by atoms with E-state index in [0.717, 1.165) is 42.1 Å². The molecule has 0 aromatic heterocycles. The Morgan fingerprint density at radius 1 is 0.971 bits per heavy atom. The predicted octanol–water partition coefficient (Wildman–Crippen LogP) is 5.72. The number of ether oxygens (including phenoxy) is 1. The Morgan fingerprint density at radius 2 is 1.68 bits per heavy atom. The molecule has 3 atom stereocenters. The number of methoxy groups -OCH3 is 1. The van der Waals surface area contributed by atoms with E-state index in [1.54, 1.807) is 14.0 Å². The van der Waals surface area contributed by atoms with Gasteiger partial charge in [0.05, 0.1) is 13.2 Å². The second-order valence-electron chi connectivity index (χ2n) is 9.31. The van der Waals surface area contributed by atoms with Crippen molar-refractivity contribution in [3.8, 4) is 5.75 Å². The van der Waals surface area contributed by atoms with Crippen LogP contribution < -0.4 is 4.74 Å². The molecule has 1 heterocycles. The van der Waals surface area contributed by atoms with E-state index in [4.69, 9.17) is 4.74 Å². The SMILES string of the molecule is COc1cccc([C@@H](c2ccc(C(C)=O)cc2)N2C[C@@H](C)N(Cc3ccc(F)cc3)C[C@@H]2C)c1. The second-order valence-corrected chi connectivity index (χ2v) is 9.31. The number of piperazine rings is 1. The molecule has 0 radical (unpaired) electrons. The summed E-state index contributed by atoms with van der Waals surface area (Å²) in [6.45, 7) is 8.71. The Morgan fingerprint density at radius 3 is 2.32 bits per heavy atom. The average Bonchev–Trinajstić information content (AvgIpc) is 2.84. The van der Waals surface area contributed by atoms with E-state index < -0.39 is 0 Å². The highest BCUT2D eigenvalue weighted by atomic mass is 19.1. The average molecular weight is 461 g/mol. The number of hydrogen-bond donors (Lipinski definition) is 0. The molecule has 3 aromatic rings. The number of hydrogen-bond acceptors (Lipinski definition) is 4. The Balaban J connectivity index is 1.63. The number of benzene rings is 3. The van der Waals surface area contributed by atoms with Crippen LogP contribution in [0.25, 0.3) is 0 Å². The fourth-order valence-corrected chi connectivity index (χ4v) is 4.92. The quantitative estimate of drug-likeness (QED) is 0.422. The minimum Gasteiger partial charge on any atom is -0.497 e. The number of carbonyl (C=O) groups excluding carboxylic acids is 1. The van der Waals surface area contributed by atoms with Crippen molar-refractivity contribution in [1.82, 2.24) is 9.80 Å². The Hall–Kier alpha value is -3.02. The van der Waals surface area contributed by atoms with Gasteiger partial charge in [0.15, 0.2) is 5.78 Å². The highest BCUT2D eigenvalue weighted by Crippen LogP contribution is 2.35. The number of ketones is 1. The van der Waals surface area contributed by atoms with Crippen LogP contribution in [0.4, 0.5) is 4.39 Å². The van der Waals surface area contributed by atoms with E-state index in [1.807, 2.05) is 36.4 Å². The van der Waals surface area contributed by atoms with Crippen LogP contribution in [0.15, 0.2) is 72.8 Å². The summed E-state index contributed by atoms with van der Waals surface area (Å²) in [6, 6.07) is 23.7. The van der Waals surface area contributed by atoms with Crippen LogP contribution in [0.5, 0.6) is 5.75 Å². The molecule has 34 heavy (non-hydrogen) atoms. The van der Waals surface area contributed by atoms with E-state index in [1.165, 1.54) is 17.7 Å². The first-order chi connectivity index (χ1) is 16.4. The first-order valence-electron chi connectivity index (χ1n) is 11.8. The van der Waals surface area contributed by atoms with Crippen LogP contribution in [0.2, 0.25) is 0 Å². The molecule has 0 unspecified atom stereocenters. The molecule has 178 valence electrons. The number of Topliss-reactive ketones (excluding diaryl/α,β-unsaturated/α-hetero) is 1. The number of nitrogens with zero attached hydrogens (tertiary/aromatic N) is 2. The molecule has 0 N–H and O–H groups in total. The van der Waals surface area contributed by atoms with Gasteiger partial charge in [-0.2, -0.15) is 0 Å². The highest BCUT2D eigenvalue weighted by molar-refractivity contribution is 5.94. The van der Waals surface area contributed by atoms with Gasteiger partial charge in [-0.05, 0) is 61.7 Å². The van der Waals surface area contributed by atoms with Gasteiger partial charge in [0.1, 0.15) is 11.6 Å². The minimum absolute atomic E-state index is 0.0431. The number of carbonyl (C=O) groups is 1. The first kappa shape index (κ1) is 24.1. The second kappa shape index (κ2) is 10.5. The standard InChI is InChI=1S/C29H33FN2O2/c1-20-18-32(21(2)17-31(20)19-23-8-14-27(30)15-9-23)29(26-6-5-7-28(16-26)34-4)25-12-10-24(11-13-25)22(3)33/h5-16,20-21,29H,17-19H2,1-4H3/t20-,21+,29-/m1/s1. The van der Waals surface area contributed by atoms with E-state index in [2.05, 4.69) is 47.9 Å². The lowest BCUT2D eigenvalue weighted by Gasteiger charge is -2.47. The van der Waals surface area contributed by atoms with Crippen LogP contribution >= 0.6 is 0 Å². The van der Waals surface area contributed by atoms with Gasteiger partial charge in [0.2, 0.25) is 0 Å². The molecule has 1 fully saturated rings. The molecule has 0 bridgehead atoms. The molecular weight excluding hydrogens is 427 g/mol.